The first-order valence-electron chi connectivity index (χ1n) is 7.81. The third-order valence-electron chi connectivity index (χ3n) is 4.13. The molecular formula is C16H19F3N4S. The Morgan fingerprint density at radius 1 is 1.29 bits per heavy atom. The zero-order chi connectivity index (χ0) is 17.6. The highest BCUT2D eigenvalue weighted by atomic mass is 32.1. The van der Waals surface area contributed by atoms with Crippen LogP contribution in [-0.2, 0) is 6.18 Å². The van der Waals surface area contributed by atoms with Crippen molar-refractivity contribution >= 4 is 18.6 Å². The summed E-state index contributed by atoms with van der Waals surface area (Å²) in [4.78, 5) is 4.35. The van der Waals surface area contributed by atoms with Crippen molar-refractivity contribution in [1.29, 1.82) is 0 Å². The van der Waals surface area contributed by atoms with E-state index in [9.17, 15) is 13.2 Å². The van der Waals surface area contributed by atoms with E-state index < -0.39 is 12.0 Å². The van der Waals surface area contributed by atoms with Crippen LogP contribution in [0.15, 0.2) is 17.0 Å². The molecule has 1 aliphatic rings. The highest BCUT2D eigenvalue weighted by molar-refractivity contribution is 7.80. The lowest BCUT2D eigenvalue weighted by Gasteiger charge is -2.17. The summed E-state index contributed by atoms with van der Waals surface area (Å²) in [6.07, 6.45) is -2.33. The van der Waals surface area contributed by atoms with Crippen molar-refractivity contribution in [3.8, 4) is 5.69 Å². The number of hydrogen-bond acceptors (Lipinski definition) is 4. The molecule has 130 valence electrons. The average molecular weight is 356 g/mol. The molecule has 0 spiro atoms. The van der Waals surface area contributed by atoms with Gasteiger partial charge in [0.25, 0.3) is 5.82 Å². The first-order valence-corrected chi connectivity index (χ1v) is 8.26. The number of nitrogens with one attached hydrogen (secondary N) is 1. The lowest BCUT2D eigenvalue weighted by Crippen LogP contribution is -2.10. The Balaban J connectivity index is 2.18. The number of alkyl halides is 3. The predicted molar refractivity (Wildman–Crippen MR) is 89.2 cm³/mol. The molecule has 1 aromatic carbocycles. The number of rotatable bonds is 4. The minimum atomic E-state index is -4.59. The van der Waals surface area contributed by atoms with Crippen LogP contribution >= 0.6 is 12.6 Å². The largest absolute Gasteiger partial charge is 0.453 e. The third kappa shape index (κ3) is 3.11. The van der Waals surface area contributed by atoms with E-state index in [2.05, 4.69) is 28.0 Å². The smallest absolute Gasteiger partial charge is 0.357 e. The zero-order valence-corrected chi connectivity index (χ0v) is 14.5. The van der Waals surface area contributed by atoms with Gasteiger partial charge in [0.1, 0.15) is 0 Å². The summed E-state index contributed by atoms with van der Waals surface area (Å²) in [5.74, 6) is -0.464. The molecule has 0 bridgehead atoms. The molecule has 0 amide bonds. The summed E-state index contributed by atoms with van der Waals surface area (Å²) in [5.41, 5.74) is 2.67. The maximum atomic E-state index is 13.0. The number of hydrogen-bond donors (Lipinski definition) is 2. The van der Waals surface area contributed by atoms with Crippen LogP contribution in [0.1, 0.15) is 55.5 Å². The molecule has 1 aromatic heterocycles. The molecule has 3 rings (SSSR count). The van der Waals surface area contributed by atoms with E-state index in [1.165, 1.54) is 11.7 Å². The van der Waals surface area contributed by atoms with Gasteiger partial charge in [0.15, 0.2) is 0 Å². The van der Waals surface area contributed by atoms with E-state index in [-0.39, 0.29) is 11.9 Å². The van der Waals surface area contributed by atoms with Gasteiger partial charge in [-0.1, -0.05) is 19.9 Å². The lowest BCUT2D eigenvalue weighted by atomic mass is 9.96. The van der Waals surface area contributed by atoms with Crippen molar-refractivity contribution in [3.63, 3.8) is 0 Å². The maximum Gasteiger partial charge on any atom is 0.453 e. The zero-order valence-electron chi connectivity index (χ0n) is 13.6. The van der Waals surface area contributed by atoms with Crippen molar-refractivity contribution in [2.75, 3.05) is 12.4 Å². The van der Waals surface area contributed by atoms with E-state index in [0.717, 1.165) is 28.9 Å². The topological polar surface area (TPSA) is 42.7 Å². The van der Waals surface area contributed by atoms with Crippen LogP contribution in [0.25, 0.3) is 5.69 Å². The van der Waals surface area contributed by atoms with Crippen LogP contribution in [0.4, 0.5) is 19.1 Å². The Kier molecular flexibility index (Phi) is 4.27. The lowest BCUT2D eigenvalue weighted by molar-refractivity contribution is -0.144. The number of anilines is 1. The summed E-state index contributed by atoms with van der Waals surface area (Å²) in [6.45, 7) is 4.02. The first kappa shape index (κ1) is 17.1. The quantitative estimate of drug-likeness (QED) is 0.786. The van der Waals surface area contributed by atoms with Crippen molar-refractivity contribution in [2.45, 2.75) is 49.6 Å². The molecule has 0 radical (unpaired) electrons. The molecule has 1 N–H and O–H groups in total. The molecule has 1 saturated carbocycles. The fraction of sp³-hybridized carbons (Fsp3) is 0.500. The van der Waals surface area contributed by atoms with E-state index >= 15 is 0 Å². The van der Waals surface area contributed by atoms with Gasteiger partial charge in [0.05, 0.1) is 5.69 Å². The van der Waals surface area contributed by atoms with Crippen molar-refractivity contribution in [3.05, 3.63) is 29.1 Å². The Labute approximate surface area is 143 Å². The van der Waals surface area contributed by atoms with Crippen molar-refractivity contribution in [1.82, 2.24) is 14.8 Å². The minimum absolute atomic E-state index is 0.0520. The van der Waals surface area contributed by atoms with E-state index in [4.69, 9.17) is 0 Å². The molecule has 1 heterocycles. The summed E-state index contributed by atoms with van der Waals surface area (Å²) in [7, 11) is 1.52. The molecule has 0 saturated heterocycles. The molecule has 1 fully saturated rings. The van der Waals surface area contributed by atoms with Gasteiger partial charge < -0.3 is 5.32 Å². The third-order valence-corrected chi connectivity index (χ3v) is 4.51. The van der Waals surface area contributed by atoms with Crippen LogP contribution in [0.5, 0.6) is 0 Å². The average Bonchev–Trinajstić information content (AvgIpc) is 3.23. The molecule has 24 heavy (non-hydrogen) atoms. The van der Waals surface area contributed by atoms with Crippen LogP contribution in [-0.4, -0.2) is 21.8 Å². The van der Waals surface area contributed by atoms with Gasteiger partial charge in [0.2, 0.25) is 5.95 Å². The summed E-state index contributed by atoms with van der Waals surface area (Å²) >= 11 is 4.54. The molecule has 0 unspecified atom stereocenters. The molecule has 2 aromatic rings. The van der Waals surface area contributed by atoms with E-state index in [1.54, 1.807) is 6.07 Å². The van der Waals surface area contributed by atoms with Crippen LogP contribution in [0.2, 0.25) is 0 Å². The van der Waals surface area contributed by atoms with Crippen LogP contribution in [0.3, 0.4) is 0 Å². The number of halogens is 3. The molecule has 0 aliphatic heterocycles. The Bertz CT molecular complexity index is 763. The first-order chi connectivity index (χ1) is 11.2. The fourth-order valence-corrected chi connectivity index (χ4v) is 3.11. The highest BCUT2D eigenvalue weighted by Crippen LogP contribution is 2.45. The summed E-state index contributed by atoms with van der Waals surface area (Å²) in [6, 6.07) is 3.84. The number of benzene rings is 1. The van der Waals surface area contributed by atoms with Crippen molar-refractivity contribution < 1.29 is 13.2 Å². The SMILES string of the molecule is CNc1nc(C(F)(F)F)nn1-c1cc(S)c(C2CC2)cc1C(C)C. The Morgan fingerprint density at radius 2 is 1.96 bits per heavy atom. The van der Waals surface area contributed by atoms with E-state index in [0.29, 0.717) is 11.6 Å². The van der Waals surface area contributed by atoms with Gasteiger partial charge in [-0.25, -0.2) is 0 Å². The van der Waals surface area contributed by atoms with Gasteiger partial charge >= 0.3 is 6.18 Å². The second kappa shape index (κ2) is 5.98. The van der Waals surface area contributed by atoms with Crippen LogP contribution in [0, 0.1) is 0 Å². The fourth-order valence-electron chi connectivity index (χ4n) is 2.74. The van der Waals surface area contributed by atoms with Gasteiger partial charge in [-0.3, -0.25) is 0 Å². The Morgan fingerprint density at radius 3 is 2.46 bits per heavy atom. The molecule has 8 heteroatoms. The maximum absolute atomic E-state index is 13.0. The monoisotopic (exact) mass is 356 g/mol. The normalized spacial score (nSPS) is 15.2. The Hall–Kier alpha value is -1.70. The predicted octanol–water partition coefficient (Wildman–Crippen LogP) is 4.62. The standard InChI is InChI=1S/C16H19F3N4S/c1-8(2)10-6-11(9-4-5-9)13(24)7-12(10)23-15(20-3)21-14(22-23)16(17,18)19/h6-9,24H,4-5H2,1-3H3,(H,20,21,22). The molecular weight excluding hydrogens is 337 g/mol. The van der Waals surface area contributed by atoms with Crippen LogP contribution < -0.4 is 5.32 Å². The molecule has 1 aliphatic carbocycles. The highest BCUT2D eigenvalue weighted by Gasteiger charge is 2.37. The van der Waals surface area contributed by atoms with E-state index in [1.807, 2.05) is 19.9 Å². The van der Waals surface area contributed by atoms with Gasteiger partial charge in [-0.05, 0) is 41.9 Å². The second-order valence-electron chi connectivity index (χ2n) is 6.32. The number of nitrogens with zero attached hydrogens (tertiary/aromatic N) is 3. The number of aromatic nitrogens is 3. The summed E-state index contributed by atoms with van der Waals surface area (Å²) < 4.78 is 40.1. The summed E-state index contributed by atoms with van der Waals surface area (Å²) in [5, 5.41) is 6.37. The van der Waals surface area contributed by atoms with Gasteiger partial charge in [0, 0.05) is 11.9 Å². The van der Waals surface area contributed by atoms with Gasteiger partial charge in [-0.2, -0.15) is 22.8 Å². The minimum Gasteiger partial charge on any atom is -0.357 e. The molecule has 4 nitrogen and oxygen atoms in total. The molecule has 0 atom stereocenters. The van der Waals surface area contributed by atoms with Crippen molar-refractivity contribution in [2.24, 2.45) is 0 Å². The second-order valence-corrected chi connectivity index (χ2v) is 6.80. The van der Waals surface area contributed by atoms with Gasteiger partial charge in [-0.15, -0.1) is 17.7 Å². The number of thiol groups is 1.